The first-order valence-corrected chi connectivity index (χ1v) is 25.8. The third-order valence-corrected chi connectivity index (χ3v) is 15.6. The molecule has 4 aromatic carbocycles. The van der Waals surface area contributed by atoms with E-state index in [-0.39, 0.29) is 119 Å². The third kappa shape index (κ3) is 12.6. The van der Waals surface area contributed by atoms with Crippen molar-refractivity contribution in [3.8, 4) is 0 Å². The van der Waals surface area contributed by atoms with Crippen molar-refractivity contribution < 1.29 is 142 Å². The molecular formula is C45H45ClNNa3O12S4. The molecular weight excluding hydrogens is 979 g/mol. The fourth-order valence-electron chi connectivity index (χ4n) is 9.44. The van der Waals surface area contributed by atoms with Crippen LogP contribution in [0.4, 0.5) is 5.69 Å². The molecule has 1 N–H and O–H groups in total. The molecule has 21 heteroatoms. The van der Waals surface area contributed by atoms with Crippen molar-refractivity contribution in [3.63, 3.8) is 0 Å². The number of rotatable bonds is 15. The van der Waals surface area contributed by atoms with Gasteiger partial charge in [-0.1, -0.05) is 87.9 Å². The van der Waals surface area contributed by atoms with Crippen LogP contribution in [0.1, 0.15) is 82.9 Å². The molecule has 13 nitrogen and oxygen atoms in total. The molecule has 1 aliphatic heterocycles. The van der Waals surface area contributed by atoms with Crippen LogP contribution in [0.5, 0.6) is 0 Å². The Bertz CT molecular complexity index is 3040. The molecule has 336 valence electrons. The van der Waals surface area contributed by atoms with Gasteiger partial charge in [0.1, 0.15) is 10.1 Å². The van der Waals surface area contributed by atoms with E-state index in [9.17, 15) is 44.2 Å². The number of hydrogen-bond acceptors (Lipinski definition) is 13. The molecule has 4 aromatic rings. The summed E-state index contributed by atoms with van der Waals surface area (Å²) in [5.41, 5.74) is 6.93. The summed E-state index contributed by atoms with van der Waals surface area (Å²) in [4.78, 5) is 2.30. The molecule has 0 unspecified atom stereocenters. The van der Waals surface area contributed by atoms with E-state index in [1.165, 1.54) is 12.1 Å². The zero-order valence-corrected chi connectivity index (χ0v) is 47.9. The van der Waals surface area contributed by atoms with Crippen molar-refractivity contribution in [2.75, 3.05) is 23.0 Å². The van der Waals surface area contributed by atoms with Crippen LogP contribution in [0.25, 0.3) is 27.1 Å². The van der Waals surface area contributed by atoms with Crippen molar-refractivity contribution in [2.45, 2.75) is 86.8 Å². The second kappa shape index (κ2) is 22.7. The van der Waals surface area contributed by atoms with Crippen LogP contribution >= 0.6 is 23.6 Å². The zero-order chi connectivity index (χ0) is 45.7. The average Bonchev–Trinajstić information content (AvgIpc) is 3.55. The van der Waals surface area contributed by atoms with E-state index in [2.05, 4.69) is 29.3 Å². The number of allylic oxidation sites excluding steroid dienone is 10. The van der Waals surface area contributed by atoms with Crippen LogP contribution in [0, 0.1) is 0 Å². The Kier molecular flexibility index (Phi) is 19.9. The topological polar surface area (TPSA) is 214 Å². The Labute approximate surface area is 462 Å². The molecule has 0 atom stereocenters. The molecule has 7 rings (SSSR count). The Morgan fingerprint density at radius 1 is 0.803 bits per heavy atom. The molecule has 0 saturated carbocycles. The van der Waals surface area contributed by atoms with Crippen molar-refractivity contribution in [1.82, 2.24) is 0 Å². The molecule has 2 aliphatic carbocycles. The maximum atomic E-state index is 11.9. The zero-order valence-electron chi connectivity index (χ0n) is 37.8. The minimum Gasteiger partial charge on any atom is -0.748 e. The SMILES string of the molecule is CC1(C)C(/C=C/C2=C(Cl)C(=C/C=C3/N(CCCS(=O)(=O)[O-])c4ccc5cc(S(=O)(=O)[O-])ccc5c4C3(C)C)/CCC2)=C(CCCS(=O)(=O)O)c2ccc3cc(SOO[O-])ccc3c21.[Na+].[Na+].[Na+]. The smallest absolute Gasteiger partial charge is 0.748 e. The number of benzene rings is 4. The maximum Gasteiger partial charge on any atom is 1.00 e. The molecule has 0 bridgehead atoms. The van der Waals surface area contributed by atoms with Crippen molar-refractivity contribution in [2.24, 2.45) is 0 Å². The Morgan fingerprint density at radius 3 is 2.14 bits per heavy atom. The van der Waals surface area contributed by atoms with Crippen LogP contribution in [-0.4, -0.2) is 57.0 Å². The van der Waals surface area contributed by atoms with Crippen LogP contribution in [0.3, 0.4) is 0 Å². The number of hydrogen-bond donors (Lipinski definition) is 1. The second-order valence-corrected chi connectivity index (χ2v) is 22.6. The van der Waals surface area contributed by atoms with Gasteiger partial charge in [0.2, 0.25) is 0 Å². The minimum atomic E-state index is -4.70. The molecule has 66 heavy (non-hydrogen) atoms. The predicted octanol–water partition coefficient (Wildman–Crippen LogP) is -0.371. The summed E-state index contributed by atoms with van der Waals surface area (Å²) in [6.07, 6.45) is 10.8. The van der Waals surface area contributed by atoms with Gasteiger partial charge >= 0.3 is 88.7 Å². The van der Waals surface area contributed by atoms with Gasteiger partial charge in [-0.2, -0.15) is 12.8 Å². The third-order valence-electron chi connectivity index (χ3n) is 12.2. The van der Waals surface area contributed by atoms with E-state index in [1.54, 1.807) is 12.1 Å². The van der Waals surface area contributed by atoms with Crippen LogP contribution < -0.4 is 98.8 Å². The average molecular weight is 1020 g/mol. The van der Waals surface area contributed by atoms with Crippen molar-refractivity contribution >= 4 is 86.8 Å². The van der Waals surface area contributed by atoms with Gasteiger partial charge in [0.15, 0.2) is 0 Å². The predicted molar refractivity (Wildman–Crippen MR) is 241 cm³/mol. The Morgan fingerprint density at radius 2 is 1.47 bits per heavy atom. The van der Waals surface area contributed by atoms with Gasteiger partial charge in [-0.25, -0.2) is 16.8 Å². The fraction of sp³-hybridized carbons (Fsp3) is 0.333. The molecule has 0 fully saturated rings. The quantitative estimate of drug-likeness (QED) is 0.0530. The molecule has 0 aromatic heterocycles. The molecule has 1 heterocycles. The van der Waals surface area contributed by atoms with E-state index >= 15 is 0 Å². The number of halogens is 1. The van der Waals surface area contributed by atoms with Gasteiger partial charge in [0.25, 0.3) is 10.1 Å². The van der Waals surface area contributed by atoms with E-state index in [1.807, 2.05) is 73.4 Å². The maximum absolute atomic E-state index is 11.9. The standard InChI is InChI=1S/C45H48ClNO12S4.3Na/c1-44(2)38(36(10-6-24-61(49,50)51)37-17-11-30-26-32(60-59-58-48)15-18-34(30)41(37)44)20-12-28-8-5-9-29(43(28)46)14-22-40-45(3,4)42-35-19-16-33(63(55,56)57)27-31(35)13-21-39(42)47(40)23-7-25-62(52,53)54;;;/h11-22,26-27,48H,5-10,23-25H2,1-4H3,(H,49,50,51)(H,52,53,54)(H,55,56,57);;;/q;3*+1/p-3/b20-12+,29-14+,40-22+;;;. The van der Waals surface area contributed by atoms with Gasteiger partial charge in [-0.3, -0.25) is 9.59 Å². The number of anilines is 1. The Hall–Kier alpha value is -0.850. The van der Waals surface area contributed by atoms with E-state index < -0.39 is 46.9 Å². The molecule has 3 aliphatic rings. The van der Waals surface area contributed by atoms with Gasteiger partial charge in [-0.05, 0) is 135 Å². The second-order valence-electron chi connectivity index (χ2n) is 17.0. The van der Waals surface area contributed by atoms with Crippen molar-refractivity contribution in [1.29, 1.82) is 0 Å². The first-order valence-electron chi connectivity index (χ1n) is 20.1. The van der Waals surface area contributed by atoms with Gasteiger partial charge in [0.05, 0.1) is 32.8 Å². The van der Waals surface area contributed by atoms with E-state index in [0.717, 1.165) is 85.0 Å². The largest absolute Gasteiger partial charge is 1.00 e. The monoisotopic (exact) mass is 1020 g/mol. The summed E-state index contributed by atoms with van der Waals surface area (Å²) in [6.45, 7) is 8.45. The molecule has 0 amide bonds. The summed E-state index contributed by atoms with van der Waals surface area (Å²) < 4.78 is 108. The number of nitrogens with zero attached hydrogens (tertiary/aromatic N) is 1. The molecule has 0 radical (unpaired) electrons. The first kappa shape index (κ1) is 57.7. The molecule has 0 saturated heterocycles. The number of fused-ring (bicyclic) bond motifs is 6. The van der Waals surface area contributed by atoms with Gasteiger partial charge < -0.3 is 19.3 Å². The molecule has 0 spiro atoms. The first-order chi connectivity index (χ1) is 29.5. The van der Waals surface area contributed by atoms with E-state index in [4.69, 9.17) is 11.6 Å². The van der Waals surface area contributed by atoms with E-state index in [0.29, 0.717) is 34.6 Å². The Balaban J connectivity index is 0.00000317. The summed E-state index contributed by atoms with van der Waals surface area (Å²) in [7, 11) is -13.4. The summed E-state index contributed by atoms with van der Waals surface area (Å²) in [5, 5.41) is 17.7. The van der Waals surface area contributed by atoms with Gasteiger partial charge in [0, 0.05) is 44.4 Å². The van der Waals surface area contributed by atoms with Crippen LogP contribution in [0.2, 0.25) is 0 Å². The normalized spacial score (nSPS) is 18.2. The van der Waals surface area contributed by atoms with Gasteiger partial charge in [-0.15, -0.1) is 0 Å². The minimum absolute atomic E-state index is 0. The summed E-state index contributed by atoms with van der Waals surface area (Å²) >= 11 is 8.03. The van der Waals surface area contributed by atoms with Crippen LogP contribution in [0.15, 0.2) is 122 Å². The van der Waals surface area contributed by atoms with Crippen molar-refractivity contribution in [3.05, 3.63) is 129 Å². The van der Waals surface area contributed by atoms with Crippen LogP contribution in [-0.2, 0) is 50.6 Å². The summed E-state index contributed by atoms with van der Waals surface area (Å²) in [6, 6.07) is 17.4. The summed E-state index contributed by atoms with van der Waals surface area (Å²) in [5.74, 6) is -0.943. The fourth-order valence-corrected chi connectivity index (χ4v) is 11.7.